The summed E-state index contributed by atoms with van der Waals surface area (Å²) in [6.45, 7) is 6.25. The number of aliphatic carboxylic acids is 1. The highest BCUT2D eigenvalue weighted by atomic mass is 32.2. The van der Waals surface area contributed by atoms with Crippen molar-refractivity contribution in [2.45, 2.75) is 44.4 Å². The molecule has 0 aliphatic carbocycles. The molecule has 1 saturated heterocycles. The van der Waals surface area contributed by atoms with E-state index in [1.165, 1.54) is 6.42 Å². The first-order valence-corrected chi connectivity index (χ1v) is 7.24. The monoisotopic (exact) mass is 274 g/mol. The summed E-state index contributed by atoms with van der Waals surface area (Å²) in [4.78, 5) is 22.6. The van der Waals surface area contributed by atoms with Gasteiger partial charge >= 0.3 is 12.0 Å². The fourth-order valence-corrected chi connectivity index (χ4v) is 3.19. The number of hydrogen-bond acceptors (Lipinski definition) is 3. The Bertz CT molecular complexity index is 314. The maximum atomic E-state index is 11.7. The molecule has 5 nitrogen and oxygen atoms in total. The average Bonchev–Trinajstić information content (AvgIpc) is 2.70. The lowest BCUT2D eigenvalue weighted by Crippen LogP contribution is -2.50. The average molecular weight is 274 g/mol. The van der Waals surface area contributed by atoms with Crippen LogP contribution in [0.3, 0.4) is 0 Å². The van der Waals surface area contributed by atoms with Gasteiger partial charge < -0.3 is 15.7 Å². The van der Waals surface area contributed by atoms with E-state index in [9.17, 15) is 9.59 Å². The Morgan fingerprint density at radius 3 is 2.56 bits per heavy atom. The molecule has 0 saturated carbocycles. The van der Waals surface area contributed by atoms with E-state index in [0.717, 1.165) is 12.2 Å². The summed E-state index contributed by atoms with van der Waals surface area (Å²) in [5.41, 5.74) is 0. The van der Waals surface area contributed by atoms with Crippen LogP contribution in [0, 0.1) is 5.92 Å². The van der Waals surface area contributed by atoms with Crippen LogP contribution >= 0.6 is 11.8 Å². The molecule has 2 amide bonds. The summed E-state index contributed by atoms with van der Waals surface area (Å²) >= 11 is 1.86. The predicted molar refractivity (Wildman–Crippen MR) is 72.9 cm³/mol. The van der Waals surface area contributed by atoms with E-state index in [1.807, 2.05) is 11.8 Å². The summed E-state index contributed by atoms with van der Waals surface area (Å²) in [5, 5.41) is 14.2. The molecular weight excluding hydrogens is 252 g/mol. The van der Waals surface area contributed by atoms with Crippen molar-refractivity contribution >= 4 is 23.8 Å². The van der Waals surface area contributed by atoms with Crippen molar-refractivity contribution in [2.75, 3.05) is 12.3 Å². The standard InChI is InChI=1S/C12H22N2O3S/c1-8(2)9(10(15)16)14-11(17)13-7-12(3)5-4-6-18-12/h8-9H,4-7H2,1-3H3,(H,15,16)(H2,13,14,17). The highest BCUT2D eigenvalue weighted by molar-refractivity contribution is 8.00. The molecule has 1 heterocycles. The normalized spacial score (nSPS) is 24.9. The Morgan fingerprint density at radius 2 is 2.11 bits per heavy atom. The van der Waals surface area contributed by atoms with Crippen LogP contribution in [0.2, 0.25) is 0 Å². The molecule has 1 fully saturated rings. The first kappa shape index (κ1) is 15.1. The van der Waals surface area contributed by atoms with Crippen LogP contribution in [0.4, 0.5) is 4.79 Å². The minimum Gasteiger partial charge on any atom is -0.480 e. The van der Waals surface area contributed by atoms with Crippen LogP contribution in [0.25, 0.3) is 0 Å². The van der Waals surface area contributed by atoms with Crippen molar-refractivity contribution in [3.8, 4) is 0 Å². The van der Waals surface area contributed by atoms with Gasteiger partial charge in [0.05, 0.1) is 0 Å². The Labute approximate surface area is 112 Å². The van der Waals surface area contributed by atoms with Crippen molar-refractivity contribution in [1.82, 2.24) is 10.6 Å². The molecule has 0 aromatic rings. The van der Waals surface area contributed by atoms with E-state index in [1.54, 1.807) is 13.8 Å². The Morgan fingerprint density at radius 1 is 1.44 bits per heavy atom. The third kappa shape index (κ3) is 4.40. The molecule has 0 aromatic heterocycles. The smallest absolute Gasteiger partial charge is 0.326 e. The number of nitrogens with one attached hydrogen (secondary N) is 2. The van der Waals surface area contributed by atoms with Crippen molar-refractivity contribution in [2.24, 2.45) is 5.92 Å². The lowest BCUT2D eigenvalue weighted by atomic mass is 10.0. The van der Waals surface area contributed by atoms with Crippen LogP contribution in [-0.2, 0) is 4.79 Å². The molecule has 6 heteroatoms. The van der Waals surface area contributed by atoms with Crippen molar-refractivity contribution in [3.63, 3.8) is 0 Å². The molecule has 0 spiro atoms. The fraction of sp³-hybridized carbons (Fsp3) is 0.833. The molecule has 1 aliphatic rings. The summed E-state index contributed by atoms with van der Waals surface area (Å²) in [7, 11) is 0. The SMILES string of the molecule is CC(C)C(NC(=O)NCC1(C)CCCS1)C(=O)O. The van der Waals surface area contributed by atoms with E-state index >= 15 is 0 Å². The summed E-state index contributed by atoms with van der Waals surface area (Å²) < 4.78 is 0.0912. The minimum atomic E-state index is -0.999. The lowest BCUT2D eigenvalue weighted by Gasteiger charge is -2.24. The van der Waals surface area contributed by atoms with Crippen LogP contribution in [0.5, 0.6) is 0 Å². The number of carbonyl (C=O) groups is 2. The number of amides is 2. The van der Waals surface area contributed by atoms with Crippen LogP contribution < -0.4 is 10.6 Å². The molecule has 0 bridgehead atoms. The van der Waals surface area contributed by atoms with Gasteiger partial charge in [-0.2, -0.15) is 11.8 Å². The Balaban J connectivity index is 2.38. The highest BCUT2D eigenvalue weighted by Gasteiger charge is 2.30. The first-order chi connectivity index (χ1) is 8.34. The number of urea groups is 1. The molecule has 1 rings (SSSR count). The van der Waals surface area contributed by atoms with Gasteiger partial charge in [-0.3, -0.25) is 0 Å². The summed E-state index contributed by atoms with van der Waals surface area (Å²) in [6, 6.07) is -1.24. The number of thioether (sulfide) groups is 1. The second-order valence-corrected chi connectivity index (χ2v) is 6.97. The first-order valence-electron chi connectivity index (χ1n) is 6.25. The topological polar surface area (TPSA) is 78.4 Å². The highest BCUT2D eigenvalue weighted by Crippen LogP contribution is 2.36. The van der Waals surface area contributed by atoms with E-state index in [2.05, 4.69) is 17.6 Å². The van der Waals surface area contributed by atoms with Gasteiger partial charge in [-0.05, 0) is 31.4 Å². The predicted octanol–water partition coefficient (Wildman–Crippen LogP) is 1.68. The zero-order chi connectivity index (χ0) is 13.8. The number of hydrogen-bond donors (Lipinski definition) is 3. The number of carboxylic acid groups (broad SMARTS) is 1. The molecule has 0 aromatic carbocycles. The van der Waals surface area contributed by atoms with Crippen molar-refractivity contribution < 1.29 is 14.7 Å². The van der Waals surface area contributed by atoms with E-state index in [-0.39, 0.29) is 10.7 Å². The Hall–Kier alpha value is -0.910. The maximum absolute atomic E-state index is 11.7. The van der Waals surface area contributed by atoms with Gasteiger partial charge in [-0.15, -0.1) is 0 Å². The summed E-state index contributed by atoms with van der Waals surface area (Å²) in [5.74, 6) is -0.00454. The second kappa shape index (κ2) is 6.31. The van der Waals surface area contributed by atoms with Gasteiger partial charge in [0.2, 0.25) is 0 Å². The molecule has 2 unspecified atom stereocenters. The van der Waals surface area contributed by atoms with Gasteiger partial charge in [-0.1, -0.05) is 13.8 Å². The zero-order valence-electron chi connectivity index (χ0n) is 11.2. The largest absolute Gasteiger partial charge is 0.480 e. The van der Waals surface area contributed by atoms with Crippen LogP contribution in [-0.4, -0.2) is 40.2 Å². The maximum Gasteiger partial charge on any atom is 0.326 e. The van der Waals surface area contributed by atoms with Crippen molar-refractivity contribution in [3.05, 3.63) is 0 Å². The molecule has 3 N–H and O–H groups in total. The Kier molecular flexibility index (Phi) is 5.31. The van der Waals surface area contributed by atoms with Crippen LogP contribution in [0.1, 0.15) is 33.6 Å². The number of carboxylic acids is 1. The van der Waals surface area contributed by atoms with E-state index in [0.29, 0.717) is 6.54 Å². The lowest BCUT2D eigenvalue weighted by molar-refractivity contribution is -0.140. The third-order valence-corrected chi connectivity index (χ3v) is 4.68. The fourth-order valence-electron chi connectivity index (χ4n) is 1.95. The zero-order valence-corrected chi connectivity index (χ0v) is 12.0. The molecule has 104 valence electrons. The van der Waals surface area contributed by atoms with E-state index < -0.39 is 18.0 Å². The molecular formula is C12H22N2O3S. The molecule has 1 aliphatic heterocycles. The van der Waals surface area contributed by atoms with Gasteiger partial charge in [0.15, 0.2) is 0 Å². The molecule has 0 radical (unpaired) electrons. The number of carbonyl (C=O) groups excluding carboxylic acids is 1. The minimum absolute atomic E-state index is 0.0912. The van der Waals surface area contributed by atoms with Gasteiger partial charge in [0.1, 0.15) is 6.04 Å². The van der Waals surface area contributed by atoms with Gasteiger partial charge in [0.25, 0.3) is 0 Å². The molecule has 18 heavy (non-hydrogen) atoms. The van der Waals surface area contributed by atoms with Gasteiger partial charge in [-0.25, -0.2) is 9.59 Å². The van der Waals surface area contributed by atoms with Gasteiger partial charge in [0, 0.05) is 11.3 Å². The summed E-state index contributed by atoms with van der Waals surface area (Å²) in [6.07, 6.45) is 2.26. The second-order valence-electron chi connectivity index (χ2n) is 5.29. The van der Waals surface area contributed by atoms with E-state index in [4.69, 9.17) is 5.11 Å². The third-order valence-electron chi connectivity index (χ3n) is 3.14. The number of rotatable bonds is 5. The molecule has 2 atom stereocenters. The van der Waals surface area contributed by atoms with Crippen LogP contribution in [0.15, 0.2) is 0 Å². The quantitative estimate of drug-likeness (QED) is 0.713. The van der Waals surface area contributed by atoms with Crippen molar-refractivity contribution in [1.29, 1.82) is 0 Å².